The van der Waals surface area contributed by atoms with Gasteiger partial charge in [0, 0.05) is 26.1 Å². The highest BCUT2D eigenvalue weighted by Gasteiger charge is 2.36. The van der Waals surface area contributed by atoms with Crippen LogP contribution in [0.25, 0.3) is 0 Å². The van der Waals surface area contributed by atoms with Crippen molar-refractivity contribution in [3.63, 3.8) is 0 Å². The Hall–Kier alpha value is -0.130. The van der Waals surface area contributed by atoms with Crippen LogP contribution >= 0.6 is 0 Å². The Morgan fingerprint density at radius 3 is 1.65 bits per heavy atom. The maximum atomic E-state index is 12.1. The lowest BCUT2D eigenvalue weighted by atomic mass is 9.75. The molecule has 0 aromatic rings. The highest BCUT2D eigenvalue weighted by molar-refractivity contribution is 7.92. The molecule has 0 radical (unpaired) electrons. The Bertz CT molecular complexity index is 437. The topological polar surface area (TPSA) is 63.6 Å². The van der Waals surface area contributed by atoms with Crippen molar-refractivity contribution in [2.75, 3.05) is 26.1 Å². The number of hydrogen-bond acceptors (Lipinski definition) is 4. The third-order valence-corrected chi connectivity index (χ3v) is 8.99. The SMILES string of the molecule is CCC(CC)(CCO)CCCCOCCCCC(CC)(CC)S(C)(=O)=O. The van der Waals surface area contributed by atoms with Crippen molar-refractivity contribution in [1.29, 1.82) is 0 Å². The molecule has 0 spiro atoms. The molecule has 158 valence electrons. The van der Waals surface area contributed by atoms with Crippen molar-refractivity contribution in [3.8, 4) is 0 Å². The van der Waals surface area contributed by atoms with Crippen LogP contribution in [0.5, 0.6) is 0 Å². The molecule has 26 heavy (non-hydrogen) atoms. The van der Waals surface area contributed by atoms with Gasteiger partial charge in [-0.3, -0.25) is 0 Å². The second kappa shape index (κ2) is 13.1. The summed E-state index contributed by atoms with van der Waals surface area (Å²) in [4.78, 5) is 0. The number of ether oxygens (including phenoxy) is 1. The Labute approximate surface area is 163 Å². The highest BCUT2D eigenvalue weighted by Crippen LogP contribution is 2.36. The maximum Gasteiger partial charge on any atom is 0.153 e. The van der Waals surface area contributed by atoms with Crippen LogP contribution in [0.2, 0.25) is 0 Å². The first-order valence-electron chi connectivity index (χ1n) is 10.6. The average Bonchev–Trinajstić information content (AvgIpc) is 2.61. The summed E-state index contributed by atoms with van der Waals surface area (Å²) in [5.74, 6) is 0. The van der Waals surface area contributed by atoms with Gasteiger partial charge in [-0.25, -0.2) is 8.42 Å². The zero-order valence-corrected chi connectivity index (χ0v) is 18.8. The summed E-state index contributed by atoms with van der Waals surface area (Å²) in [7, 11) is -3.01. The van der Waals surface area contributed by atoms with Crippen molar-refractivity contribution in [3.05, 3.63) is 0 Å². The van der Waals surface area contributed by atoms with E-state index in [0.29, 0.717) is 18.3 Å². The molecule has 0 aliphatic carbocycles. The molecule has 0 heterocycles. The standard InChI is InChI=1S/C21H44O4S/c1-6-20(7-2,16-17-22)14-10-12-18-25-19-13-11-15-21(8-3,9-4)26(5,23)24/h22H,6-19H2,1-5H3. The second-order valence-electron chi connectivity index (χ2n) is 7.87. The van der Waals surface area contributed by atoms with Crippen LogP contribution in [0.3, 0.4) is 0 Å². The van der Waals surface area contributed by atoms with E-state index in [2.05, 4.69) is 13.8 Å². The largest absolute Gasteiger partial charge is 0.396 e. The van der Waals surface area contributed by atoms with Crippen LogP contribution < -0.4 is 0 Å². The first kappa shape index (κ1) is 25.9. The zero-order chi connectivity index (χ0) is 20.1. The minimum atomic E-state index is -3.01. The van der Waals surface area contributed by atoms with E-state index >= 15 is 0 Å². The van der Waals surface area contributed by atoms with Gasteiger partial charge in [-0.2, -0.15) is 0 Å². The molecule has 0 aliphatic rings. The molecule has 0 rings (SSSR count). The first-order valence-corrected chi connectivity index (χ1v) is 12.5. The minimum absolute atomic E-state index is 0.280. The molecule has 4 nitrogen and oxygen atoms in total. The van der Waals surface area contributed by atoms with E-state index in [1.807, 2.05) is 13.8 Å². The van der Waals surface area contributed by atoms with Gasteiger partial charge < -0.3 is 9.84 Å². The van der Waals surface area contributed by atoms with E-state index < -0.39 is 14.6 Å². The van der Waals surface area contributed by atoms with Crippen molar-refractivity contribution in [1.82, 2.24) is 0 Å². The third kappa shape index (κ3) is 8.26. The Morgan fingerprint density at radius 1 is 0.769 bits per heavy atom. The van der Waals surface area contributed by atoms with Gasteiger partial charge in [0.1, 0.15) is 0 Å². The Kier molecular flexibility index (Phi) is 13.0. The normalized spacial score (nSPS) is 13.3. The fraction of sp³-hybridized carbons (Fsp3) is 1.00. The van der Waals surface area contributed by atoms with E-state index in [1.165, 1.54) is 6.26 Å². The molecular weight excluding hydrogens is 348 g/mol. The first-order chi connectivity index (χ1) is 12.3. The van der Waals surface area contributed by atoms with E-state index in [0.717, 1.165) is 71.0 Å². The molecule has 5 heteroatoms. The lowest BCUT2D eigenvalue weighted by molar-refractivity contribution is 0.114. The van der Waals surface area contributed by atoms with Gasteiger partial charge in [0.15, 0.2) is 9.84 Å². The molecule has 0 saturated carbocycles. The summed E-state index contributed by atoms with van der Waals surface area (Å²) < 4.78 is 29.4. The Balaban J connectivity index is 3.95. The van der Waals surface area contributed by atoms with E-state index in [4.69, 9.17) is 4.74 Å². The van der Waals surface area contributed by atoms with Crippen LogP contribution in [0, 0.1) is 5.41 Å². The molecule has 0 aromatic heterocycles. The second-order valence-corrected chi connectivity index (χ2v) is 10.3. The van der Waals surface area contributed by atoms with Gasteiger partial charge in [-0.05, 0) is 56.8 Å². The van der Waals surface area contributed by atoms with Gasteiger partial charge in [0.05, 0.1) is 4.75 Å². The predicted molar refractivity (Wildman–Crippen MR) is 111 cm³/mol. The molecule has 1 N–H and O–H groups in total. The minimum Gasteiger partial charge on any atom is -0.396 e. The van der Waals surface area contributed by atoms with Crippen molar-refractivity contribution in [2.24, 2.45) is 5.41 Å². The molecule has 0 aliphatic heterocycles. The smallest absolute Gasteiger partial charge is 0.153 e. The summed E-state index contributed by atoms with van der Waals surface area (Å²) in [6.07, 6.45) is 11.8. The van der Waals surface area contributed by atoms with Crippen molar-refractivity contribution >= 4 is 9.84 Å². The van der Waals surface area contributed by atoms with Gasteiger partial charge >= 0.3 is 0 Å². The molecule has 0 bridgehead atoms. The molecule has 0 atom stereocenters. The summed E-state index contributed by atoms with van der Waals surface area (Å²) >= 11 is 0. The fourth-order valence-electron chi connectivity index (χ4n) is 4.09. The number of sulfone groups is 1. The zero-order valence-electron chi connectivity index (χ0n) is 18.0. The molecular formula is C21H44O4S. The van der Waals surface area contributed by atoms with Crippen molar-refractivity contribution in [2.45, 2.75) is 103 Å². The number of unbranched alkanes of at least 4 members (excludes halogenated alkanes) is 2. The average molecular weight is 393 g/mol. The fourth-order valence-corrected chi connectivity index (χ4v) is 5.65. The van der Waals surface area contributed by atoms with Crippen LogP contribution in [-0.4, -0.2) is 44.3 Å². The highest BCUT2D eigenvalue weighted by atomic mass is 32.2. The molecule has 0 unspecified atom stereocenters. The molecule has 0 aromatic carbocycles. The number of rotatable bonds is 17. The van der Waals surface area contributed by atoms with E-state index in [-0.39, 0.29) is 6.61 Å². The van der Waals surface area contributed by atoms with Gasteiger partial charge in [-0.1, -0.05) is 47.0 Å². The number of aliphatic hydroxyl groups excluding tert-OH is 1. The summed E-state index contributed by atoms with van der Waals surface area (Å²) in [6.45, 7) is 10.2. The number of aliphatic hydroxyl groups is 1. The number of hydrogen-bond donors (Lipinski definition) is 1. The lowest BCUT2D eigenvalue weighted by Gasteiger charge is -2.31. The van der Waals surface area contributed by atoms with Crippen LogP contribution in [0.1, 0.15) is 98.3 Å². The summed E-state index contributed by atoms with van der Waals surface area (Å²) in [5.41, 5.74) is 0.296. The van der Waals surface area contributed by atoms with E-state index in [1.54, 1.807) is 0 Å². The monoisotopic (exact) mass is 392 g/mol. The van der Waals surface area contributed by atoms with E-state index in [9.17, 15) is 13.5 Å². The van der Waals surface area contributed by atoms with Crippen LogP contribution in [-0.2, 0) is 14.6 Å². The molecule has 0 amide bonds. The van der Waals surface area contributed by atoms with Crippen LogP contribution in [0.15, 0.2) is 0 Å². The summed E-state index contributed by atoms with van der Waals surface area (Å²) in [6, 6.07) is 0. The Morgan fingerprint density at radius 2 is 1.27 bits per heavy atom. The quantitative estimate of drug-likeness (QED) is 0.348. The maximum absolute atomic E-state index is 12.1. The van der Waals surface area contributed by atoms with Gasteiger partial charge in [0.2, 0.25) is 0 Å². The van der Waals surface area contributed by atoms with Crippen molar-refractivity contribution < 1.29 is 18.3 Å². The van der Waals surface area contributed by atoms with Gasteiger partial charge in [-0.15, -0.1) is 0 Å². The van der Waals surface area contributed by atoms with Gasteiger partial charge in [0.25, 0.3) is 0 Å². The predicted octanol–water partition coefficient (Wildman–Crippen LogP) is 5.14. The third-order valence-electron chi connectivity index (χ3n) is 6.63. The molecule has 0 saturated heterocycles. The van der Waals surface area contributed by atoms with Crippen LogP contribution in [0.4, 0.5) is 0 Å². The lowest BCUT2D eigenvalue weighted by Crippen LogP contribution is -2.36. The summed E-state index contributed by atoms with van der Waals surface area (Å²) in [5, 5.41) is 9.27. The molecule has 0 fully saturated rings.